The highest BCUT2D eigenvalue weighted by Gasteiger charge is 2.36. The molecule has 70 valence electrons. The van der Waals surface area contributed by atoms with Crippen LogP contribution in [0.5, 0.6) is 0 Å². The average molecular weight is 170 g/mol. The Kier molecular flexibility index (Phi) is 2.73. The van der Waals surface area contributed by atoms with Crippen molar-refractivity contribution in [3.63, 3.8) is 0 Å². The molecule has 12 heavy (non-hydrogen) atoms. The van der Waals surface area contributed by atoms with E-state index in [1.54, 1.807) is 0 Å². The molecule has 0 aromatic rings. The molecule has 1 atom stereocenters. The Bertz CT molecular complexity index is 177. The highest BCUT2D eigenvalue weighted by molar-refractivity contribution is 5.84. The fraction of sp³-hybridized carbons (Fsp3) is 0.889. The van der Waals surface area contributed by atoms with Gasteiger partial charge in [0, 0.05) is 0 Å². The lowest BCUT2D eigenvalue weighted by Crippen LogP contribution is -2.53. The minimum absolute atomic E-state index is 0.226. The van der Waals surface area contributed by atoms with Crippen molar-refractivity contribution in [1.29, 1.82) is 0 Å². The van der Waals surface area contributed by atoms with Crippen molar-refractivity contribution >= 4 is 5.91 Å². The normalized spacial score (nSPS) is 21.8. The first-order valence-electron chi connectivity index (χ1n) is 4.63. The number of nitrogens with two attached hydrogens (primary N) is 1. The number of hydrogen-bond donors (Lipinski definition) is 2. The summed E-state index contributed by atoms with van der Waals surface area (Å²) in [5, 5.41) is 3.16. The van der Waals surface area contributed by atoms with Crippen molar-refractivity contribution in [2.45, 2.75) is 38.6 Å². The van der Waals surface area contributed by atoms with Crippen molar-refractivity contribution in [3.05, 3.63) is 0 Å². The molecule has 0 aromatic heterocycles. The monoisotopic (exact) mass is 170 g/mol. The van der Waals surface area contributed by atoms with E-state index in [1.807, 2.05) is 13.8 Å². The van der Waals surface area contributed by atoms with Gasteiger partial charge in [-0.05, 0) is 25.8 Å². The zero-order valence-corrected chi connectivity index (χ0v) is 7.89. The molecule has 3 nitrogen and oxygen atoms in total. The Morgan fingerprint density at radius 2 is 2.25 bits per heavy atom. The second kappa shape index (κ2) is 3.44. The Morgan fingerprint density at radius 1 is 1.67 bits per heavy atom. The first-order chi connectivity index (χ1) is 5.58. The number of carbonyl (C=O) groups is 1. The molecule has 1 unspecified atom stereocenters. The maximum atomic E-state index is 11.1. The molecular weight excluding hydrogens is 152 g/mol. The molecule has 1 aliphatic carbocycles. The van der Waals surface area contributed by atoms with Crippen LogP contribution in [0, 0.1) is 5.92 Å². The number of rotatable bonds is 5. The molecule has 0 radical (unpaired) electrons. The molecule has 0 aliphatic heterocycles. The lowest BCUT2D eigenvalue weighted by atomic mass is 9.94. The highest BCUT2D eigenvalue weighted by atomic mass is 16.1. The van der Waals surface area contributed by atoms with E-state index in [0.717, 1.165) is 18.9 Å². The van der Waals surface area contributed by atoms with Crippen LogP contribution in [0.15, 0.2) is 0 Å². The second-order valence-corrected chi connectivity index (χ2v) is 3.87. The maximum absolute atomic E-state index is 11.1. The first kappa shape index (κ1) is 9.52. The highest BCUT2D eigenvalue weighted by Crippen LogP contribution is 2.36. The van der Waals surface area contributed by atoms with Gasteiger partial charge in [0.25, 0.3) is 0 Å². The molecule has 1 amide bonds. The lowest BCUT2D eigenvalue weighted by Gasteiger charge is -2.26. The largest absolute Gasteiger partial charge is 0.368 e. The van der Waals surface area contributed by atoms with Gasteiger partial charge in [0.05, 0.1) is 5.54 Å². The molecule has 0 bridgehead atoms. The summed E-state index contributed by atoms with van der Waals surface area (Å²) in [6, 6.07) is 0. The summed E-state index contributed by atoms with van der Waals surface area (Å²) in [6.07, 6.45) is 3.42. The molecule has 1 fully saturated rings. The van der Waals surface area contributed by atoms with Crippen LogP contribution in [-0.2, 0) is 4.79 Å². The zero-order chi connectivity index (χ0) is 9.19. The molecule has 1 saturated carbocycles. The van der Waals surface area contributed by atoms with Crippen LogP contribution in [0.2, 0.25) is 0 Å². The van der Waals surface area contributed by atoms with Gasteiger partial charge in [-0.1, -0.05) is 19.8 Å². The van der Waals surface area contributed by atoms with Crippen LogP contribution in [0.4, 0.5) is 0 Å². The van der Waals surface area contributed by atoms with Gasteiger partial charge < -0.3 is 11.1 Å². The topological polar surface area (TPSA) is 55.1 Å². The average Bonchev–Trinajstić information content (AvgIpc) is 2.71. The van der Waals surface area contributed by atoms with Gasteiger partial charge in [-0.3, -0.25) is 4.79 Å². The van der Waals surface area contributed by atoms with E-state index in [2.05, 4.69) is 5.32 Å². The second-order valence-electron chi connectivity index (χ2n) is 3.87. The van der Waals surface area contributed by atoms with Crippen LogP contribution < -0.4 is 11.1 Å². The third kappa shape index (κ3) is 2.21. The summed E-state index contributed by atoms with van der Waals surface area (Å²) in [6.45, 7) is 4.69. The fourth-order valence-corrected chi connectivity index (χ4v) is 1.55. The van der Waals surface area contributed by atoms with Crippen LogP contribution in [0.3, 0.4) is 0 Å². The van der Waals surface area contributed by atoms with Gasteiger partial charge in [0.15, 0.2) is 0 Å². The Balaban J connectivity index is 2.49. The van der Waals surface area contributed by atoms with Gasteiger partial charge in [0.1, 0.15) is 0 Å². The smallest absolute Gasteiger partial charge is 0.237 e. The molecule has 0 aromatic carbocycles. The van der Waals surface area contributed by atoms with E-state index in [1.165, 1.54) is 12.8 Å². The van der Waals surface area contributed by atoms with Gasteiger partial charge in [0.2, 0.25) is 5.91 Å². The molecular formula is C9H18N2O. The minimum Gasteiger partial charge on any atom is -0.368 e. The third-order valence-electron chi connectivity index (χ3n) is 2.50. The Morgan fingerprint density at radius 3 is 2.58 bits per heavy atom. The lowest BCUT2D eigenvalue weighted by molar-refractivity contribution is -0.124. The number of carbonyl (C=O) groups excluding carboxylic acids is 1. The predicted octanol–water partition coefficient (Wildman–Crippen LogP) is 0.640. The molecule has 0 spiro atoms. The van der Waals surface area contributed by atoms with Gasteiger partial charge in [-0.25, -0.2) is 0 Å². The van der Waals surface area contributed by atoms with E-state index in [-0.39, 0.29) is 5.91 Å². The van der Waals surface area contributed by atoms with Gasteiger partial charge in [-0.2, -0.15) is 0 Å². The number of amides is 1. The molecule has 1 aliphatic rings. The van der Waals surface area contributed by atoms with Crippen molar-refractivity contribution in [1.82, 2.24) is 5.32 Å². The van der Waals surface area contributed by atoms with Crippen molar-refractivity contribution in [2.24, 2.45) is 11.7 Å². The summed E-state index contributed by atoms with van der Waals surface area (Å²) in [4.78, 5) is 11.1. The van der Waals surface area contributed by atoms with Crippen LogP contribution in [0.25, 0.3) is 0 Å². The van der Waals surface area contributed by atoms with Crippen LogP contribution in [0.1, 0.15) is 33.1 Å². The summed E-state index contributed by atoms with van der Waals surface area (Å²) in [5.41, 5.74) is 4.86. The summed E-state index contributed by atoms with van der Waals surface area (Å²) < 4.78 is 0. The Hall–Kier alpha value is -0.570. The number of nitrogens with one attached hydrogen (secondary N) is 1. The SMILES string of the molecule is CCNC(C)(CC1CC1)C(N)=O. The van der Waals surface area contributed by atoms with E-state index in [4.69, 9.17) is 5.73 Å². The van der Waals surface area contributed by atoms with E-state index >= 15 is 0 Å². The van der Waals surface area contributed by atoms with Crippen molar-refractivity contribution < 1.29 is 4.79 Å². The third-order valence-corrected chi connectivity index (χ3v) is 2.50. The summed E-state index contributed by atoms with van der Waals surface area (Å²) in [5.74, 6) is 0.498. The molecule has 0 heterocycles. The van der Waals surface area contributed by atoms with Gasteiger partial charge >= 0.3 is 0 Å². The molecule has 3 heteroatoms. The van der Waals surface area contributed by atoms with Crippen LogP contribution in [-0.4, -0.2) is 18.0 Å². The zero-order valence-electron chi connectivity index (χ0n) is 7.89. The van der Waals surface area contributed by atoms with E-state index in [0.29, 0.717) is 0 Å². The molecule has 1 rings (SSSR count). The number of hydrogen-bond acceptors (Lipinski definition) is 2. The standard InChI is InChI=1S/C9H18N2O/c1-3-11-9(2,8(10)12)6-7-4-5-7/h7,11H,3-6H2,1-2H3,(H2,10,12). The maximum Gasteiger partial charge on any atom is 0.237 e. The summed E-state index contributed by atoms with van der Waals surface area (Å²) in [7, 11) is 0. The number of primary amides is 1. The molecule has 0 saturated heterocycles. The van der Waals surface area contributed by atoms with Crippen molar-refractivity contribution in [2.75, 3.05) is 6.54 Å². The van der Waals surface area contributed by atoms with E-state index < -0.39 is 5.54 Å². The van der Waals surface area contributed by atoms with E-state index in [9.17, 15) is 4.79 Å². The van der Waals surface area contributed by atoms with Crippen LogP contribution >= 0.6 is 0 Å². The van der Waals surface area contributed by atoms with Crippen molar-refractivity contribution in [3.8, 4) is 0 Å². The quantitative estimate of drug-likeness (QED) is 0.636. The molecule has 3 N–H and O–H groups in total. The minimum atomic E-state index is -0.476. The van der Waals surface area contributed by atoms with Gasteiger partial charge in [-0.15, -0.1) is 0 Å². The fourth-order valence-electron chi connectivity index (χ4n) is 1.55. The summed E-state index contributed by atoms with van der Waals surface area (Å²) >= 11 is 0. The Labute approximate surface area is 73.7 Å². The predicted molar refractivity (Wildman–Crippen MR) is 48.6 cm³/mol. The first-order valence-corrected chi connectivity index (χ1v) is 4.63. The number of likely N-dealkylation sites (N-methyl/N-ethyl adjacent to an activating group) is 1.